The van der Waals surface area contributed by atoms with Crippen LogP contribution in [0, 0.1) is 6.92 Å². The van der Waals surface area contributed by atoms with E-state index in [1.54, 1.807) is 24.3 Å². The fraction of sp³-hybridized carbons (Fsp3) is 0.176. The minimum Gasteiger partial charge on any atom is -0.493 e. The fourth-order valence-corrected chi connectivity index (χ4v) is 1.84. The molecule has 21 heavy (non-hydrogen) atoms. The molecule has 2 aromatic rings. The third kappa shape index (κ3) is 4.76. The Hall–Kier alpha value is -2.62. The molecule has 0 saturated heterocycles. The van der Waals surface area contributed by atoms with E-state index < -0.39 is 0 Å². The number of ether oxygens (including phenoxy) is 1. The van der Waals surface area contributed by atoms with Gasteiger partial charge < -0.3 is 10.1 Å². The number of anilines is 1. The molecule has 0 bridgehead atoms. The van der Waals surface area contributed by atoms with Gasteiger partial charge in [-0.05, 0) is 48.9 Å². The van der Waals surface area contributed by atoms with Crippen molar-refractivity contribution in [3.63, 3.8) is 0 Å². The topological polar surface area (TPSA) is 55.4 Å². The Bertz CT molecular complexity index is 620. The zero-order valence-electron chi connectivity index (χ0n) is 11.8. The number of hydrogen-bond acceptors (Lipinski definition) is 3. The van der Waals surface area contributed by atoms with Gasteiger partial charge in [0, 0.05) is 11.3 Å². The number of rotatable bonds is 6. The highest BCUT2D eigenvalue weighted by Gasteiger charge is 2.03. The molecule has 0 radical (unpaired) electrons. The van der Waals surface area contributed by atoms with E-state index in [1.807, 2.05) is 31.2 Å². The zero-order chi connectivity index (χ0) is 15.1. The van der Waals surface area contributed by atoms with Crippen molar-refractivity contribution in [3.8, 4) is 5.75 Å². The molecular weight excluding hydrogens is 266 g/mol. The quantitative estimate of drug-likeness (QED) is 0.828. The second-order valence-electron chi connectivity index (χ2n) is 4.70. The van der Waals surface area contributed by atoms with Gasteiger partial charge in [0.25, 0.3) is 0 Å². The van der Waals surface area contributed by atoms with E-state index in [0.29, 0.717) is 17.9 Å². The Labute approximate surface area is 123 Å². The molecule has 2 rings (SSSR count). The SMILES string of the molecule is Cc1cccc(OCCC(=O)Nc2ccc(C=O)cc2)c1. The van der Waals surface area contributed by atoms with Crippen molar-refractivity contribution < 1.29 is 14.3 Å². The van der Waals surface area contributed by atoms with Gasteiger partial charge in [0.15, 0.2) is 0 Å². The molecular formula is C17H17NO3. The molecule has 0 saturated carbocycles. The summed E-state index contributed by atoms with van der Waals surface area (Å²) in [5.74, 6) is 0.639. The largest absolute Gasteiger partial charge is 0.493 e. The van der Waals surface area contributed by atoms with Crippen molar-refractivity contribution in [1.29, 1.82) is 0 Å². The average molecular weight is 283 g/mol. The predicted octanol–water partition coefficient (Wildman–Crippen LogP) is 3.22. The van der Waals surface area contributed by atoms with Crippen LogP contribution in [0.25, 0.3) is 0 Å². The zero-order valence-corrected chi connectivity index (χ0v) is 11.8. The lowest BCUT2D eigenvalue weighted by molar-refractivity contribution is -0.116. The summed E-state index contributed by atoms with van der Waals surface area (Å²) >= 11 is 0. The average Bonchev–Trinajstić information content (AvgIpc) is 2.48. The van der Waals surface area contributed by atoms with Gasteiger partial charge in [-0.25, -0.2) is 0 Å². The van der Waals surface area contributed by atoms with Crippen molar-refractivity contribution in [3.05, 3.63) is 59.7 Å². The van der Waals surface area contributed by atoms with Crippen molar-refractivity contribution >= 4 is 17.9 Å². The standard InChI is InChI=1S/C17H17NO3/c1-13-3-2-4-16(11-13)21-10-9-17(20)18-15-7-5-14(12-19)6-8-15/h2-8,11-12H,9-10H2,1H3,(H,18,20). The highest BCUT2D eigenvalue weighted by Crippen LogP contribution is 2.13. The van der Waals surface area contributed by atoms with Gasteiger partial charge in [-0.2, -0.15) is 0 Å². The molecule has 108 valence electrons. The number of benzene rings is 2. The van der Waals surface area contributed by atoms with Crippen LogP contribution in [-0.2, 0) is 4.79 Å². The van der Waals surface area contributed by atoms with E-state index in [9.17, 15) is 9.59 Å². The number of aryl methyl sites for hydroxylation is 1. The molecule has 0 unspecified atom stereocenters. The number of hydrogen-bond donors (Lipinski definition) is 1. The first-order chi connectivity index (χ1) is 10.2. The Morgan fingerprint density at radius 1 is 1.19 bits per heavy atom. The Balaban J connectivity index is 1.77. The van der Waals surface area contributed by atoms with Crippen LogP contribution in [0.2, 0.25) is 0 Å². The lowest BCUT2D eigenvalue weighted by Gasteiger charge is -2.08. The summed E-state index contributed by atoms with van der Waals surface area (Å²) < 4.78 is 5.52. The summed E-state index contributed by atoms with van der Waals surface area (Å²) in [6.07, 6.45) is 1.03. The number of carbonyl (C=O) groups is 2. The van der Waals surface area contributed by atoms with Gasteiger partial charge in [-0.1, -0.05) is 12.1 Å². The van der Waals surface area contributed by atoms with Gasteiger partial charge in [0.05, 0.1) is 13.0 Å². The van der Waals surface area contributed by atoms with Crippen LogP contribution in [0.3, 0.4) is 0 Å². The number of carbonyl (C=O) groups excluding carboxylic acids is 2. The van der Waals surface area contributed by atoms with Crippen LogP contribution in [0.5, 0.6) is 5.75 Å². The third-order valence-electron chi connectivity index (χ3n) is 2.92. The predicted molar refractivity (Wildman–Crippen MR) is 81.8 cm³/mol. The minimum atomic E-state index is -0.124. The second-order valence-corrected chi connectivity index (χ2v) is 4.70. The van der Waals surface area contributed by atoms with Crippen LogP contribution in [0.4, 0.5) is 5.69 Å². The number of aldehydes is 1. The molecule has 1 amide bonds. The van der Waals surface area contributed by atoms with Gasteiger partial charge in [0.2, 0.25) is 5.91 Å². The molecule has 0 aromatic heterocycles. The second kappa shape index (κ2) is 7.24. The summed E-state index contributed by atoms with van der Waals surface area (Å²) in [5.41, 5.74) is 2.36. The molecule has 2 aromatic carbocycles. The van der Waals surface area contributed by atoms with Crippen LogP contribution >= 0.6 is 0 Å². The Morgan fingerprint density at radius 3 is 2.62 bits per heavy atom. The highest BCUT2D eigenvalue weighted by atomic mass is 16.5. The molecule has 0 atom stereocenters. The van der Waals surface area contributed by atoms with Crippen molar-refractivity contribution in [2.45, 2.75) is 13.3 Å². The van der Waals surface area contributed by atoms with Crippen molar-refractivity contribution in [2.24, 2.45) is 0 Å². The molecule has 4 nitrogen and oxygen atoms in total. The molecule has 0 aliphatic rings. The molecule has 0 spiro atoms. The normalized spacial score (nSPS) is 9.95. The summed E-state index contributed by atoms with van der Waals surface area (Å²) in [4.78, 5) is 22.3. The lowest BCUT2D eigenvalue weighted by atomic mass is 10.2. The summed E-state index contributed by atoms with van der Waals surface area (Å²) in [7, 11) is 0. The van der Waals surface area contributed by atoms with Crippen LogP contribution < -0.4 is 10.1 Å². The smallest absolute Gasteiger partial charge is 0.227 e. The first-order valence-electron chi connectivity index (χ1n) is 6.72. The first-order valence-corrected chi connectivity index (χ1v) is 6.72. The monoisotopic (exact) mass is 283 g/mol. The third-order valence-corrected chi connectivity index (χ3v) is 2.92. The minimum absolute atomic E-state index is 0.124. The van der Waals surface area contributed by atoms with E-state index in [2.05, 4.69) is 5.32 Å². The van der Waals surface area contributed by atoms with Gasteiger partial charge in [0.1, 0.15) is 12.0 Å². The molecule has 1 N–H and O–H groups in total. The van der Waals surface area contributed by atoms with Gasteiger partial charge in [-0.15, -0.1) is 0 Å². The fourth-order valence-electron chi connectivity index (χ4n) is 1.84. The first kappa shape index (κ1) is 14.8. The van der Waals surface area contributed by atoms with E-state index in [-0.39, 0.29) is 12.3 Å². The maximum absolute atomic E-state index is 11.8. The maximum Gasteiger partial charge on any atom is 0.227 e. The highest BCUT2D eigenvalue weighted by molar-refractivity contribution is 5.91. The molecule has 0 aliphatic carbocycles. The summed E-state index contributed by atoms with van der Waals surface area (Å²) in [5, 5.41) is 2.76. The number of nitrogens with one attached hydrogen (secondary N) is 1. The van der Waals surface area contributed by atoms with Crippen LogP contribution in [0.1, 0.15) is 22.3 Å². The molecule has 0 fully saturated rings. The van der Waals surface area contributed by atoms with E-state index in [0.717, 1.165) is 17.6 Å². The molecule has 0 aliphatic heterocycles. The molecule has 0 heterocycles. The summed E-state index contributed by atoms with van der Waals surface area (Å²) in [6.45, 7) is 2.31. The maximum atomic E-state index is 11.8. The van der Waals surface area contributed by atoms with Crippen molar-refractivity contribution in [2.75, 3.05) is 11.9 Å². The van der Waals surface area contributed by atoms with E-state index >= 15 is 0 Å². The Kier molecular flexibility index (Phi) is 5.10. The van der Waals surface area contributed by atoms with Crippen molar-refractivity contribution in [1.82, 2.24) is 0 Å². The number of amides is 1. The van der Waals surface area contributed by atoms with E-state index in [1.165, 1.54) is 0 Å². The van der Waals surface area contributed by atoms with Crippen LogP contribution in [-0.4, -0.2) is 18.8 Å². The van der Waals surface area contributed by atoms with Gasteiger partial charge >= 0.3 is 0 Å². The van der Waals surface area contributed by atoms with Crippen LogP contribution in [0.15, 0.2) is 48.5 Å². The Morgan fingerprint density at radius 2 is 1.95 bits per heavy atom. The molecule has 4 heteroatoms. The van der Waals surface area contributed by atoms with E-state index in [4.69, 9.17) is 4.74 Å². The summed E-state index contributed by atoms with van der Waals surface area (Å²) in [6, 6.07) is 14.4. The van der Waals surface area contributed by atoms with Gasteiger partial charge in [-0.3, -0.25) is 9.59 Å². The lowest BCUT2D eigenvalue weighted by Crippen LogP contribution is -2.15.